The zero-order chi connectivity index (χ0) is 12.5. The first-order valence-corrected chi connectivity index (χ1v) is 5.08. The van der Waals surface area contributed by atoms with E-state index in [2.05, 4.69) is 17.1 Å². The number of carbonyl (C=O) groups is 1. The molecule has 0 aliphatic heterocycles. The maximum absolute atomic E-state index is 10.4. The van der Waals surface area contributed by atoms with Crippen molar-refractivity contribution in [1.29, 1.82) is 0 Å². The van der Waals surface area contributed by atoms with Gasteiger partial charge in [-0.1, -0.05) is 24.3 Å². The third-order valence-electron chi connectivity index (χ3n) is 1.84. The monoisotopic (exact) mass is 233 g/mol. The third kappa shape index (κ3) is 5.48. The molecule has 2 amide bonds. The highest BCUT2D eigenvalue weighted by Gasteiger charge is 1.94. The van der Waals surface area contributed by atoms with E-state index in [1.165, 1.54) is 6.21 Å². The van der Waals surface area contributed by atoms with Crippen LogP contribution < -0.4 is 11.2 Å². The van der Waals surface area contributed by atoms with E-state index in [9.17, 15) is 4.79 Å². The van der Waals surface area contributed by atoms with Crippen molar-refractivity contribution in [2.24, 2.45) is 10.8 Å². The van der Waals surface area contributed by atoms with Gasteiger partial charge in [-0.3, -0.25) is 0 Å². The summed E-state index contributed by atoms with van der Waals surface area (Å²) in [6, 6.07) is 6.92. The highest BCUT2D eigenvalue weighted by atomic mass is 16.5. The van der Waals surface area contributed by atoms with Crippen LogP contribution in [0.15, 0.2) is 42.0 Å². The summed E-state index contributed by atoms with van der Waals surface area (Å²) in [6.45, 7) is 4.59. The number of carbonyl (C=O) groups excluding carboxylic acids is 1. The maximum atomic E-state index is 10.4. The van der Waals surface area contributed by atoms with Gasteiger partial charge < -0.3 is 10.5 Å². The molecule has 5 heteroatoms. The number of hydrogen-bond donors (Lipinski definition) is 2. The molecule has 0 saturated carbocycles. The normalized spacial score (nSPS) is 10.4. The largest absolute Gasteiger partial charge is 0.373 e. The quantitative estimate of drug-likeness (QED) is 0.337. The number of nitrogens with two attached hydrogens (primary N) is 1. The lowest BCUT2D eigenvalue weighted by Gasteiger charge is -2.02. The Bertz CT molecular complexity index is 416. The second-order valence-corrected chi connectivity index (χ2v) is 3.28. The number of rotatable bonds is 6. The van der Waals surface area contributed by atoms with E-state index >= 15 is 0 Å². The highest BCUT2D eigenvalue weighted by molar-refractivity contribution is 5.81. The minimum absolute atomic E-state index is 0.511. The smallest absolute Gasteiger partial charge is 0.332 e. The topological polar surface area (TPSA) is 76.7 Å². The third-order valence-corrected chi connectivity index (χ3v) is 1.84. The van der Waals surface area contributed by atoms with Crippen LogP contribution in [0.1, 0.15) is 11.1 Å². The van der Waals surface area contributed by atoms with E-state index in [1.807, 2.05) is 24.3 Å². The molecule has 1 aromatic carbocycles. The van der Waals surface area contributed by atoms with Crippen molar-refractivity contribution in [2.75, 3.05) is 6.61 Å². The summed E-state index contributed by atoms with van der Waals surface area (Å²) in [7, 11) is 0. The molecule has 0 aliphatic rings. The molecule has 5 nitrogen and oxygen atoms in total. The fourth-order valence-corrected chi connectivity index (χ4v) is 1.19. The van der Waals surface area contributed by atoms with Crippen molar-refractivity contribution in [3.8, 4) is 0 Å². The van der Waals surface area contributed by atoms with Gasteiger partial charge in [0.15, 0.2) is 0 Å². The number of benzene rings is 1. The summed E-state index contributed by atoms with van der Waals surface area (Å²) in [6.07, 6.45) is 3.21. The zero-order valence-corrected chi connectivity index (χ0v) is 9.43. The summed E-state index contributed by atoms with van der Waals surface area (Å²) < 4.78 is 5.31. The Hall–Kier alpha value is -2.14. The maximum Gasteiger partial charge on any atom is 0.332 e. The number of urea groups is 1. The van der Waals surface area contributed by atoms with Crippen LogP contribution in [0.5, 0.6) is 0 Å². The van der Waals surface area contributed by atoms with Crippen molar-refractivity contribution in [2.45, 2.75) is 6.61 Å². The van der Waals surface area contributed by atoms with E-state index in [4.69, 9.17) is 10.5 Å². The number of amides is 2. The van der Waals surface area contributed by atoms with Gasteiger partial charge in [-0.25, -0.2) is 10.2 Å². The molecule has 0 aliphatic carbocycles. The van der Waals surface area contributed by atoms with E-state index in [0.717, 1.165) is 11.1 Å². The van der Waals surface area contributed by atoms with Crippen LogP contribution >= 0.6 is 0 Å². The fraction of sp³-hybridized carbons (Fsp3) is 0.167. The van der Waals surface area contributed by atoms with Crippen LogP contribution in [0.3, 0.4) is 0 Å². The number of nitrogens with one attached hydrogen (secondary N) is 1. The van der Waals surface area contributed by atoms with Gasteiger partial charge in [0.05, 0.1) is 19.4 Å². The van der Waals surface area contributed by atoms with Gasteiger partial charge in [-0.2, -0.15) is 5.10 Å². The molecule has 0 atom stereocenters. The highest BCUT2D eigenvalue weighted by Crippen LogP contribution is 2.04. The first-order valence-electron chi connectivity index (χ1n) is 5.08. The Labute approximate surface area is 100.0 Å². The molecule has 0 aromatic heterocycles. The molecule has 0 saturated heterocycles. The molecule has 0 fully saturated rings. The molecule has 3 N–H and O–H groups in total. The molecular weight excluding hydrogens is 218 g/mol. The molecule has 0 spiro atoms. The number of hydrogen-bond acceptors (Lipinski definition) is 3. The summed E-state index contributed by atoms with van der Waals surface area (Å²) in [4.78, 5) is 10.4. The van der Waals surface area contributed by atoms with Crippen molar-refractivity contribution in [1.82, 2.24) is 5.43 Å². The van der Waals surface area contributed by atoms with Gasteiger partial charge in [0.1, 0.15) is 0 Å². The molecule has 17 heavy (non-hydrogen) atoms. The van der Waals surface area contributed by atoms with E-state index in [0.29, 0.717) is 13.2 Å². The zero-order valence-electron chi connectivity index (χ0n) is 9.43. The van der Waals surface area contributed by atoms with E-state index < -0.39 is 6.03 Å². The van der Waals surface area contributed by atoms with Crippen LogP contribution in [-0.2, 0) is 11.3 Å². The Morgan fingerprint density at radius 1 is 1.59 bits per heavy atom. The van der Waals surface area contributed by atoms with Crippen LogP contribution in [0, 0.1) is 0 Å². The van der Waals surface area contributed by atoms with Gasteiger partial charge >= 0.3 is 6.03 Å². The van der Waals surface area contributed by atoms with Crippen molar-refractivity contribution in [3.63, 3.8) is 0 Å². The molecule has 0 unspecified atom stereocenters. The van der Waals surface area contributed by atoms with Gasteiger partial charge in [-0.05, 0) is 17.2 Å². The predicted octanol–water partition coefficient (Wildman–Crippen LogP) is 1.39. The summed E-state index contributed by atoms with van der Waals surface area (Å²) in [5.74, 6) is 0. The summed E-state index contributed by atoms with van der Waals surface area (Å²) in [5, 5.41) is 3.67. The lowest BCUT2D eigenvalue weighted by molar-refractivity contribution is 0.149. The first-order chi connectivity index (χ1) is 8.22. The predicted molar refractivity (Wildman–Crippen MR) is 66.6 cm³/mol. The van der Waals surface area contributed by atoms with Crippen LogP contribution in [0.2, 0.25) is 0 Å². The van der Waals surface area contributed by atoms with Crippen LogP contribution in [0.4, 0.5) is 4.79 Å². The Morgan fingerprint density at radius 2 is 2.41 bits per heavy atom. The minimum Gasteiger partial charge on any atom is -0.373 e. The number of ether oxygens (including phenoxy) is 1. The Balaban J connectivity index is 2.55. The van der Waals surface area contributed by atoms with Crippen molar-refractivity contribution < 1.29 is 9.53 Å². The molecule has 0 bridgehead atoms. The minimum atomic E-state index is -0.688. The van der Waals surface area contributed by atoms with Gasteiger partial charge in [0.25, 0.3) is 0 Å². The average Bonchev–Trinajstić information content (AvgIpc) is 2.29. The van der Waals surface area contributed by atoms with Crippen LogP contribution in [0.25, 0.3) is 0 Å². The standard InChI is InChI=1S/C12H15N3O2/c1-2-6-17-9-11-5-3-4-10(7-11)8-14-15-12(13)16/h2-5,7-8H,1,6,9H2,(H3,13,15,16). The molecule has 0 heterocycles. The number of primary amides is 1. The molecule has 90 valence electrons. The molecule has 1 aromatic rings. The van der Waals surface area contributed by atoms with Crippen LogP contribution in [-0.4, -0.2) is 18.9 Å². The summed E-state index contributed by atoms with van der Waals surface area (Å²) in [5.41, 5.74) is 8.89. The van der Waals surface area contributed by atoms with Crippen molar-refractivity contribution >= 4 is 12.2 Å². The van der Waals surface area contributed by atoms with Gasteiger partial charge in [0.2, 0.25) is 0 Å². The lowest BCUT2D eigenvalue weighted by atomic mass is 10.1. The van der Waals surface area contributed by atoms with Gasteiger partial charge in [0, 0.05) is 0 Å². The second-order valence-electron chi connectivity index (χ2n) is 3.28. The first kappa shape index (κ1) is 12.9. The van der Waals surface area contributed by atoms with Crippen molar-refractivity contribution in [3.05, 3.63) is 48.0 Å². The Kier molecular flexibility index (Phi) is 5.46. The summed E-state index contributed by atoms with van der Waals surface area (Å²) >= 11 is 0. The van der Waals surface area contributed by atoms with E-state index in [-0.39, 0.29) is 0 Å². The molecule has 1 rings (SSSR count). The Morgan fingerprint density at radius 3 is 3.12 bits per heavy atom. The molecular formula is C12H15N3O2. The van der Waals surface area contributed by atoms with E-state index in [1.54, 1.807) is 6.08 Å². The average molecular weight is 233 g/mol. The van der Waals surface area contributed by atoms with Gasteiger partial charge in [-0.15, -0.1) is 6.58 Å². The number of hydrazone groups is 1. The second kappa shape index (κ2) is 7.19. The SMILES string of the molecule is C=CCOCc1cccc(C=NNC(N)=O)c1. The fourth-order valence-electron chi connectivity index (χ4n) is 1.19. The number of nitrogens with zero attached hydrogens (tertiary/aromatic N) is 1. The molecule has 0 radical (unpaired) electrons. The lowest BCUT2D eigenvalue weighted by Crippen LogP contribution is -2.24.